The van der Waals surface area contributed by atoms with Gasteiger partial charge in [0.1, 0.15) is 5.75 Å². The van der Waals surface area contributed by atoms with Crippen molar-refractivity contribution in [2.24, 2.45) is 10.9 Å². The van der Waals surface area contributed by atoms with E-state index in [9.17, 15) is 4.79 Å². The van der Waals surface area contributed by atoms with Crippen molar-refractivity contribution in [1.82, 2.24) is 0 Å². The van der Waals surface area contributed by atoms with E-state index >= 15 is 0 Å². The van der Waals surface area contributed by atoms with E-state index in [0.29, 0.717) is 23.1 Å². The highest BCUT2D eigenvalue weighted by Crippen LogP contribution is 2.24. The lowest BCUT2D eigenvalue weighted by Gasteiger charge is -2.08. The van der Waals surface area contributed by atoms with Crippen molar-refractivity contribution < 1.29 is 14.3 Å². The monoisotopic (exact) mass is 355 g/mol. The summed E-state index contributed by atoms with van der Waals surface area (Å²) >= 11 is 6.13. The molecular weight excluding hydrogens is 338 g/mol. The molecule has 128 valence electrons. The van der Waals surface area contributed by atoms with E-state index in [4.69, 9.17) is 21.1 Å². The molecule has 25 heavy (non-hydrogen) atoms. The second kappa shape index (κ2) is 7.53. The van der Waals surface area contributed by atoms with Crippen LogP contribution in [-0.4, -0.2) is 18.5 Å². The van der Waals surface area contributed by atoms with E-state index in [0.717, 1.165) is 11.3 Å². The molecule has 1 aliphatic rings. The van der Waals surface area contributed by atoms with Crippen LogP contribution in [0.4, 0.5) is 0 Å². The number of nitrogens with zero attached hydrogens (tertiary/aromatic N) is 1. The second-order valence-corrected chi connectivity index (χ2v) is 6.50. The van der Waals surface area contributed by atoms with E-state index < -0.39 is 5.97 Å². The van der Waals surface area contributed by atoms with Crippen LogP contribution in [0.25, 0.3) is 6.08 Å². The van der Waals surface area contributed by atoms with Crippen LogP contribution in [0.3, 0.4) is 0 Å². The molecule has 4 nitrogen and oxygen atoms in total. The van der Waals surface area contributed by atoms with Crippen molar-refractivity contribution in [2.75, 3.05) is 6.61 Å². The first-order valence-electron chi connectivity index (χ1n) is 8.03. The molecule has 0 spiro atoms. The quantitative estimate of drug-likeness (QED) is 0.576. The van der Waals surface area contributed by atoms with E-state index in [1.54, 1.807) is 18.2 Å². The number of hydrogen-bond acceptors (Lipinski definition) is 4. The number of cyclic esters (lactones) is 1. The van der Waals surface area contributed by atoms with Crippen LogP contribution in [0.15, 0.2) is 59.2 Å². The lowest BCUT2D eigenvalue weighted by molar-refractivity contribution is -0.129. The number of rotatable bonds is 5. The van der Waals surface area contributed by atoms with Crippen LogP contribution < -0.4 is 4.74 Å². The molecule has 2 aromatic rings. The molecule has 0 saturated heterocycles. The average molecular weight is 356 g/mol. The van der Waals surface area contributed by atoms with E-state index in [2.05, 4.69) is 18.8 Å². The molecule has 0 saturated carbocycles. The minimum atomic E-state index is -0.497. The third kappa shape index (κ3) is 4.28. The maximum absolute atomic E-state index is 12.1. The fourth-order valence-electron chi connectivity index (χ4n) is 2.27. The van der Waals surface area contributed by atoms with E-state index in [1.165, 1.54) is 0 Å². The summed E-state index contributed by atoms with van der Waals surface area (Å²) in [6.07, 6.45) is 1.68. The molecule has 0 bridgehead atoms. The molecule has 0 aromatic heterocycles. The van der Waals surface area contributed by atoms with Crippen LogP contribution in [0.5, 0.6) is 5.75 Å². The Hall–Kier alpha value is -2.59. The highest BCUT2D eigenvalue weighted by atomic mass is 35.5. The molecule has 0 amide bonds. The predicted molar refractivity (Wildman–Crippen MR) is 98.8 cm³/mol. The van der Waals surface area contributed by atoms with Gasteiger partial charge in [0.2, 0.25) is 5.90 Å². The molecule has 0 aliphatic carbocycles. The van der Waals surface area contributed by atoms with Gasteiger partial charge in [-0.3, -0.25) is 0 Å². The first-order chi connectivity index (χ1) is 12.0. The molecule has 0 atom stereocenters. The van der Waals surface area contributed by atoms with Crippen LogP contribution in [0.1, 0.15) is 25.0 Å². The standard InChI is InChI=1S/C20H18ClNO3/c1-13(2)12-24-15-7-5-6-14(10-15)11-18-20(23)25-19(22-18)16-8-3-4-9-17(16)21/h3-11,13H,12H2,1-2H3/b18-11-. The smallest absolute Gasteiger partial charge is 0.363 e. The highest BCUT2D eigenvalue weighted by Gasteiger charge is 2.25. The van der Waals surface area contributed by atoms with Gasteiger partial charge < -0.3 is 9.47 Å². The van der Waals surface area contributed by atoms with Gasteiger partial charge in [-0.05, 0) is 41.8 Å². The lowest BCUT2D eigenvalue weighted by atomic mass is 10.2. The molecule has 0 fully saturated rings. The maximum atomic E-state index is 12.1. The topological polar surface area (TPSA) is 47.9 Å². The van der Waals surface area contributed by atoms with Crippen LogP contribution in [0, 0.1) is 5.92 Å². The fourth-order valence-corrected chi connectivity index (χ4v) is 2.49. The Morgan fingerprint density at radius 1 is 1.20 bits per heavy atom. The lowest BCUT2D eigenvalue weighted by Crippen LogP contribution is -2.05. The SMILES string of the molecule is CC(C)COc1cccc(/C=C2\N=C(c3ccccc3Cl)OC2=O)c1. The molecule has 5 heteroatoms. The largest absolute Gasteiger partial charge is 0.493 e. The number of benzene rings is 2. The van der Waals surface area contributed by atoms with Gasteiger partial charge >= 0.3 is 5.97 Å². The van der Waals surface area contributed by atoms with Crippen LogP contribution in [0.2, 0.25) is 5.02 Å². The van der Waals surface area contributed by atoms with E-state index in [-0.39, 0.29) is 11.6 Å². The Kier molecular flexibility index (Phi) is 5.19. The van der Waals surface area contributed by atoms with Gasteiger partial charge in [0.15, 0.2) is 5.70 Å². The average Bonchev–Trinajstić information content (AvgIpc) is 2.94. The minimum absolute atomic E-state index is 0.217. The third-order valence-electron chi connectivity index (χ3n) is 3.47. The maximum Gasteiger partial charge on any atom is 0.363 e. The second-order valence-electron chi connectivity index (χ2n) is 6.09. The first-order valence-corrected chi connectivity index (χ1v) is 8.41. The molecule has 1 aliphatic heterocycles. The van der Waals surface area contributed by atoms with Gasteiger partial charge in [-0.2, -0.15) is 0 Å². The molecule has 0 unspecified atom stereocenters. The number of ether oxygens (including phenoxy) is 2. The van der Waals surface area contributed by atoms with E-state index in [1.807, 2.05) is 36.4 Å². The van der Waals surface area contributed by atoms with Crippen molar-refractivity contribution >= 4 is 29.5 Å². The molecule has 1 heterocycles. The summed E-state index contributed by atoms with van der Waals surface area (Å²) < 4.78 is 11.0. The van der Waals surface area contributed by atoms with Gasteiger partial charge in [-0.15, -0.1) is 0 Å². The predicted octanol–water partition coefficient (Wildman–Crippen LogP) is 4.72. The molecule has 2 aromatic carbocycles. The number of aliphatic imine (C=N–C) groups is 1. The summed E-state index contributed by atoms with van der Waals surface area (Å²) in [6, 6.07) is 14.6. The zero-order chi connectivity index (χ0) is 17.8. The van der Waals surface area contributed by atoms with Crippen LogP contribution in [-0.2, 0) is 9.53 Å². The summed E-state index contributed by atoms with van der Waals surface area (Å²) in [4.78, 5) is 16.4. The molecular formula is C20H18ClNO3. The third-order valence-corrected chi connectivity index (χ3v) is 3.80. The number of carbonyl (C=O) groups excluding carboxylic acids is 1. The number of halogens is 1. The normalized spacial score (nSPS) is 15.4. The molecule has 0 radical (unpaired) electrons. The summed E-state index contributed by atoms with van der Waals surface area (Å²) in [5.74, 6) is 0.914. The van der Waals surface area contributed by atoms with Crippen molar-refractivity contribution in [3.8, 4) is 5.75 Å². The Bertz CT molecular complexity index is 856. The Morgan fingerprint density at radius 3 is 2.76 bits per heavy atom. The zero-order valence-corrected chi connectivity index (χ0v) is 14.8. The summed E-state index contributed by atoms with van der Waals surface area (Å²) in [6.45, 7) is 4.81. The van der Waals surface area contributed by atoms with Gasteiger partial charge in [0.25, 0.3) is 0 Å². The summed E-state index contributed by atoms with van der Waals surface area (Å²) in [7, 11) is 0. The van der Waals surface area contributed by atoms with Gasteiger partial charge in [0.05, 0.1) is 17.2 Å². The Balaban J connectivity index is 1.85. The number of hydrogen-bond donors (Lipinski definition) is 0. The minimum Gasteiger partial charge on any atom is -0.493 e. The number of esters is 1. The first kappa shape index (κ1) is 17.2. The summed E-state index contributed by atoms with van der Waals surface area (Å²) in [5.41, 5.74) is 1.64. The molecule has 0 N–H and O–H groups in total. The Morgan fingerprint density at radius 2 is 2.00 bits per heavy atom. The summed E-state index contributed by atoms with van der Waals surface area (Å²) in [5, 5.41) is 0.486. The van der Waals surface area contributed by atoms with Crippen molar-refractivity contribution in [2.45, 2.75) is 13.8 Å². The number of carbonyl (C=O) groups is 1. The fraction of sp³-hybridized carbons (Fsp3) is 0.200. The van der Waals surface area contributed by atoms with Crippen LogP contribution >= 0.6 is 11.6 Å². The van der Waals surface area contributed by atoms with Crippen molar-refractivity contribution in [3.63, 3.8) is 0 Å². The van der Waals surface area contributed by atoms with Crippen molar-refractivity contribution in [3.05, 3.63) is 70.4 Å². The van der Waals surface area contributed by atoms with Gasteiger partial charge in [0, 0.05) is 0 Å². The van der Waals surface area contributed by atoms with Gasteiger partial charge in [-0.25, -0.2) is 9.79 Å². The highest BCUT2D eigenvalue weighted by molar-refractivity contribution is 6.34. The molecule has 3 rings (SSSR count). The van der Waals surface area contributed by atoms with Gasteiger partial charge in [-0.1, -0.05) is 49.7 Å². The zero-order valence-electron chi connectivity index (χ0n) is 14.0. The Labute approximate surface area is 151 Å². The van der Waals surface area contributed by atoms with Crippen molar-refractivity contribution in [1.29, 1.82) is 0 Å².